The van der Waals surface area contributed by atoms with Crippen LogP contribution >= 0.6 is 0 Å². The quantitative estimate of drug-likeness (QED) is 0.416. The number of nitrogens with two attached hydrogens (primary N) is 1. The molecule has 1 aliphatic heterocycles. The number of aliphatic hydroxyl groups is 1. The van der Waals surface area contributed by atoms with Gasteiger partial charge in [0.2, 0.25) is 0 Å². The standard InChI is InChI=1S/C27H28F3N3O5S/c1-4-24-27(2,35)23(31)12-22(38-24)16-7-8-32-13-14(16)9-21(34)20-6-5-17(28)26(33-20)25-18(29)10-15(11-19(25)30)39(3,36)37/h5-8,10-11,13,22-24,35H,4,9,12,31H2,1-3H3/t22-,23-,24-,27+/m1/s1. The number of rotatable bonds is 7. The summed E-state index contributed by atoms with van der Waals surface area (Å²) >= 11 is 0. The van der Waals surface area contributed by atoms with Crippen LogP contribution in [0.15, 0.2) is 47.6 Å². The molecule has 4 atom stereocenters. The number of hydrogen-bond acceptors (Lipinski definition) is 8. The molecule has 3 heterocycles. The number of aromatic nitrogens is 2. The van der Waals surface area contributed by atoms with Crippen LogP contribution in [0.2, 0.25) is 0 Å². The highest BCUT2D eigenvalue weighted by Gasteiger charge is 2.45. The Morgan fingerprint density at radius 1 is 1.18 bits per heavy atom. The van der Waals surface area contributed by atoms with Crippen LogP contribution < -0.4 is 5.73 Å². The second-order valence-electron chi connectivity index (χ2n) is 9.83. The van der Waals surface area contributed by atoms with Gasteiger partial charge in [-0.25, -0.2) is 26.6 Å². The summed E-state index contributed by atoms with van der Waals surface area (Å²) < 4.78 is 73.6. The first-order chi connectivity index (χ1) is 18.2. The van der Waals surface area contributed by atoms with Gasteiger partial charge in [0.15, 0.2) is 15.6 Å². The molecule has 1 aromatic carbocycles. The van der Waals surface area contributed by atoms with E-state index in [2.05, 4.69) is 9.97 Å². The van der Waals surface area contributed by atoms with Crippen molar-refractivity contribution in [2.75, 3.05) is 6.26 Å². The monoisotopic (exact) mass is 563 g/mol. The summed E-state index contributed by atoms with van der Waals surface area (Å²) in [6, 6.07) is 4.19. The number of carbonyl (C=O) groups is 1. The van der Waals surface area contributed by atoms with Crippen molar-refractivity contribution in [3.63, 3.8) is 0 Å². The molecule has 0 bridgehead atoms. The number of pyridine rings is 2. The molecule has 1 aliphatic rings. The van der Waals surface area contributed by atoms with E-state index in [4.69, 9.17) is 10.5 Å². The first-order valence-corrected chi connectivity index (χ1v) is 14.1. The van der Waals surface area contributed by atoms with E-state index in [1.807, 2.05) is 6.92 Å². The summed E-state index contributed by atoms with van der Waals surface area (Å²) in [5.74, 6) is -4.36. The number of halogens is 3. The molecule has 0 amide bonds. The molecular weight excluding hydrogens is 535 g/mol. The maximum atomic E-state index is 14.7. The molecule has 39 heavy (non-hydrogen) atoms. The molecule has 0 aliphatic carbocycles. The molecule has 0 saturated carbocycles. The molecule has 0 unspecified atom stereocenters. The smallest absolute Gasteiger partial charge is 0.185 e. The SMILES string of the molecule is CC[C@H]1O[C@@H](c2ccncc2CC(=O)c2ccc(F)c(-c3c(F)cc(S(C)(=O)=O)cc3F)n2)C[C@@H](N)[C@]1(C)O. The van der Waals surface area contributed by atoms with E-state index in [9.17, 15) is 31.5 Å². The number of ketones is 1. The van der Waals surface area contributed by atoms with Crippen LogP contribution in [0.1, 0.15) is 54.4 Å². The number of sulfone groups is 1. The van der Waals surface area contributed by atoms with E-state index in [1.165, 1.54) is 12.4 Å². The number of hydrogen-bond donors (Lipinski definition) is 2. The van der Waals surface area contributed by atoms with Crippen molar-refractivity contribution in [3.05, 3.63) is 77.0 Å². The molecule has 1 fully saturated rings. The lowest BCUT2D eigenvalue weighted by atomic mass is 9.81. The van der Waals surface area contributed by atoms with Crippen LogP contribution in [-0.4, -0.2) is 53.3 Å². The van der Waals surface area contributed by atoms with Gasteiger partial charge in [0, 0.05) is 31.1 Å². The Balaban J connectivity index is 1.66. The summed E-state index contributed by atoms with van der Waals surface area (Å²) in [6.07, 6.45) is 3.29. The topological polar surface area (TPSA) is 132 Å². The highest BCUT2D eigenvalue weighted by molar-refractivity contribution is 7.90. The molecule has 2 aromatic heterocycles. The van der Waals surface area contributed by atoms with E-state index in [0.717, 1.165) is 18.4 Å². The third-order valence-corrected chi connectivity index (χ3v) is 8.11. The third-order valence-electron chi connectivity index (χ3n) is 7.02. The summed E-state index contributed by atoms with van der Waals surface area (Å²) in [5, 5.41) is 10.7. The van der Waals surface area contributed by atoms with Crippen LogP contribution in [0, 0.1) is 17.5 Å². The van der Waals surface area contributed by atoms with Crippen LogP contribution in [0.25, 0.3) is 11.3 Å². The van der Waals surface area contributed by atoms with Crippen molar-refractivity contribution in [1.82, 2.24) is 9.97 Å². The summed E-state index contributed by atoms with van der Waals surface area (Å²) in [5.41, 5.74) is 4.21. The zero-order valence-electron chi connectivity index (χ0n) is 21.5. The maximum Gasteiger partial charge on any atom is 0.185 e. The highest BCUT2D eigenvalue weighted by atomic mass is 32.2. The first kappa shape index (κ1) is 28.8. The molecule has 8 nitrogen and oxygen atoms in total. The van der Waals surface area contributed by atoms with Gasteiger partial charge in [-0.3, -0.25) is 9.78 Å². The van der Waals surface area contributed by atoms with E-state index >= 15 is 0 Å². The van der Waals surface area contributed by atoms with Gasteiger partial charge < -0.3 is 15.6 Å². The third kappa shape index (κ3) is 5.74. The first-order valence-electron chi connectivity index (χ1n) is 12.2. The van der Waals surface area contributed by atoms with E-state index in [0.29, 0.717) is 29.7 Å². The second-order valence-corrected chi connectivity index (χ2v) is 11.8. The average molecular weight is 564 g/mol. The van der Waals surface area contributed by atoms with Gasteiger partial charge in [-0.15, -0.1) is 0 Å². The molecule has 4 rings (SSSR count). The Morgan fingerprint density at radius 2 is 1.85 bits per heavy atom. The van der Waals surface area contributed by atoms with Gasteiger partial charge in [-0.1, -0.05) is 6.92 Å². The molecule has 0 radical (unpaired) electrons. The van der Waals surface area contributed by atoms with Crippen molar-refractivity contribution in [3.8, 4) is 11.3 Å². The van der Waals surface area contributed by atoms with Gasteiger partial charge in [-0.05, 0) is 61.2 Å². The van der Waals surface area contributed by atoms with E-state index in [-0.39, 0.29) is 18.5 Å². The molecule has 3 aromatic rings. The number of nitrogens with zero attached hydrogens (tertiary/aromatic N) is 2. The maximum absolute atomic E-state index is 14.7. The molecule has 1 saturated heterocycles. The van der Waals surface area contributed by atoms with Gasteiger partial charge in [0.05, 0.1) is 22.7 Å². The van der Waals surface area contributed by atoms with Crippen LogP contribution in [0.4, 0.5) is 13.2 Å². The molecular formula is C27H28F3N3O5S. The van der Waals surface area contributed by atoms with Gasteiger partial charge >= 0.3 is 0 Å². The minimum atomic E-state index is -3.93. The fourth-order valence-corrected chi connectivity index (χ4v) is 5.37. The van der Waals surface area contributed by atoms with E-state index < -0.39 is 73.1 Å². The largest absolute Gasteiger partial charge is 0.386 e. The number of Topliss-reactive ketones (excluding diaryl/α,β-unsaturated/α-hetero) is 1. The van der Waals surface area contributed by atoms with Crippen molar-refractivity contribution in [2.45, 2.75) is 61.9 Å². The highest BCUT2D eigenvalue weighted by Crippen LogP contribution is 2.38. The minimum Gasteiger partial charge on any atom is -0.386 e. The Labute approximate surface area is 224 Å². The van der Waals surface area contributed by atoms with Crippen molar-refractivity contribution in [2.24, 2.45) is 5.73 Å². The van der Waals surface area contributed by atoms with Gasteiger partial charge in [0.25, 0.3) is 0 Å². The lowest BCUT2D eigenvalue weighted by Gasteiger charge is -2.45. The fourth-order valence-electron chi connectivity index (χ4n) is 4.74. The number of carbonyl (C=O) groups excluding carboxylic acids is 1. The minimum absolute atomic E-state index is 0.235. The Morgan fingerprint density at radius 3 is 2.46 bits per heavy atom. The Hall–Kier alpha value is -3.19. The summed E-state index contributed by atoms with van der Waals surface area (Å²) in [6.45, 7) is 3.49. The van der Waals surface area contributed by atoms with Crippen LogP contribution in [0.5, 0.6) is 0 Å². The Kier molecular flexibility index (Phi) is 7.95. The second kappa shape index (κ2) is 10.8. The zero-order chi connectivity index (χ0) is 28.7. The van der Waals surface area contributed by atoms with E-state index in [1.54, 1.807) is 13.0 Å². The van der Waals surface area contributed by atoms with Gasteiger partial charge in [0.1, 0.15) is 34.4 Å². The lowest BCUT2D eigenvalue weighted by molar-refractivity contribution is -0.179. The molecule has 0 spiro atoms. The van der Waals surface area contributed by atoms with Crippen molar-refractivity contribution < 1.29 is 36.2 Å². The van der Waals surface area contributed by atoms with Crippen molar-refractivity contribution >= 4 is 15.6 Å². The summed E-state index contributed by atoms with van der Waals surface area (Å²) in [7, 11) is -3.93. The van der Waals surface area contributed by atoms with Crippen LogP contribution in [0.3, 0.4) is 0 Å². The lowest BCUT2D eigenvalue weighted by Crippen LogP contribution is -2.59. The predicted octanol–water partition coefficient (Wildman–Crippen LogP) is 3.71. The zero-order valence-corrected chi connectivity index (χ0v) is 22.3. The summed E-state index contributed by atoms with van der Waals surface area (Å²) in [4.78, 5) is 20.6. The normalized spacial score (nSPS) is 23.5. The average Bonchev–Trinajstić information content (AvgIpc) is 2.86. The molecule has 3 N–H and O–H groups in total. The van der Waals surface area contributed by atoms with Crippen molar-refractivity contribution in [1.29, 1.82) is 0 Å². The predicted molar refractivity (Wildman–Crippen MR) is 136 cm³/mol. The molecule has 208 valence electrons. The number of benzene rings is 1. The fraction of sp³-hybridized carbons (Fsp3) is 0.370. The van der Waals surface area contributed by atoms with Gasteiger partial charge in [-0.2, -0.15) is 0 Å². The molecule has 12 heteroatoms. The Bertz CT molecular complexity index is 1510. The van der Waals surface area contributed by atoms with Crippen LogP contribution in [-0.2, 0) is 21.0 Å². The number of ether oxygens (including phenoxy) is 1.